The fourth-order valence-corrected chi connectivity index (χ4v) is 2.74. The number of fused-ring (bicyclic) bond motifs is 1. The molecular formula is C14H22N4O2. The Balaban J connectivity index is 2.35. The molecule has 1 aromatic rings. The molecule has 6 nitrogen and oxygen atoms in total. The van der Waals surface area contributed by atoms with E-state index in [-0.39, 0.29) is 17.7 Å². The topological polar surface area (TPSA) is 58.4 Å². The lowest BCUT2D eigenvalue weighted by Crippen LogP contribution is -2.44. The van der Waals surface area contributed by atoms with E-state index in [2.05, 4.69) is 5.10 Å². The number of aryl methyl sites for hydroxylation is 1. The minimum Gasteiger partial charge on any atom is -0.343 e. The molecule has 0 aliphatic carbocycles. The summed E-state index contributed by atoms with van der Waals surface area (Å²) in [5.41, 5.74) is 1.79. The van der Waals surface area contributed by atoms with Crippen molar-refractivity contribution in [2.24, 2.45) is 7.05 Å². The van der Waals surface area contributed by atoms with E-state index < -0.39 is 0 Å². The Labute approximate surface area is 119 Å². The quantitative estimate of drug-likeness (QED) is 0.819. The molecular weight excluding hydrogens is 256 g/mol. The summed E-state index contributed by atoms with van der Waals surface area (Å²) in [6.07, 6.45) is 1.90. The van der Waals surface area contributed by atoms with Crippen LogP contribution in [0.2, 0.25) is 0 Å². The molecule has 0 N–H and O–H groups in total. The fraction of sp³-hybridized carbons (Fsp3) is 0.643. The highest BCUT2D eigenvalue weighted by atomic mass is 16.2. The number of rotatable bonds is 3. The van der Waals surface area contributed by atoms with Crippen molar-refractivity contribution in [1.82, 2.24) is 19.6 Å². The largest absolute Gasteiger partial charge is 0.343 e. The number of nitrogens with zero attached hydrogens (tertiary/aromatic N) is 4. The number of amides is 2. The van der Waals surface area contributed by atoms with Gasteiger partial charge in [-0.25, -0.2) is 0 Å². The van der Waals surface area contributed by atoms with Crippen LogP contribution in [0.5, 0.6) is 0 Å². The second-order valence-corrected chi connectivity index (χ2v) is 5.18. The van der Waals surface area contributed by atoms with Gasteiger partial charge >= 0.3 is 0 Å². The van der Waals surface area contributed by atoms with Gasteiger partial charge in [0.1, 0.15) is 5.92 Å². The molecule has 0 spiro atoms. The molecule has 0 saturated carbocycles. The van der Waals surface area contributed by atoms with Crippen LogP contribution >= 0.6 is 0 Å². The molecule has 6 heteroatoms. The standard InChI is InChI=1S/C14H22N4O2/c1-5-17(6-2)14(20)12-9-18(10(3)19)8-11-7-16(4)15-13(11)12/h7,12H,5-6,8-9H2,1-4H3/t12-/m0/s1. The van der Waals surface area contributed by atoms with Crippen molar-refractivity contribution < 1.29 is 9.59 Å². The van der Waals surface area contributed by atoms with Crippen LogP contribution in [0, 0.1) is 0 Å². The normalized spacial score (nSPS) is 17.8. The molecule has 20 heavy (non-hydrogen) atoms. The van der Waals surface area contributed by atoms with E-state index in [1.54, 1.807) is 21.4 Å². The molecule has 0 radical (unpaired) electrons. The Morgan fingerprint density at radius 2 is 2.05 bits per heavy atom. The van der Waals surface area contributed by atoms with Crippen molar-refractivity contribution in [2.45, 2.75) is 33.2 Å². The van der Waals surface area contributed by atoms with E-state index in [9.17, 15) is 9.59 Å². The summed E-state index contributed by atoms with van der Waals surface area (Å²) in [5, 5.41) is 4.43. The lowest BCUT2D eigenvalue weighted by molar-refractivity contribution is -0.136. The van der Waals surface area contributed by atoms with Gasteiger partial charge < -0.3 is 9.80 Å². The molecule has 2 rings (SSSR count). The fourth-order valence-electron chi connectivity index (χ4n) is 2.74. The Morgan fingerprint density at radius 3 is 2.60 bits per heavy atom. The lowest BCUT2D eigenvalue weighted by atomic mass is 9.95. The van der Waals surface area contributed by atoms with Crippen molar-refractivity contribution in [3.63, 3.8) is 0 Å². The molecule has 0 saturated heterocycles. The zero-order chi connectivity index (χ0) is 14.9. The SMILES string of the molecule is CCN(CC)C(=O)[C@H]1CN(C(C)=O)Cc2cn(C)nc21. The number of hydrogen-bond acceptors (Lipinski definition) is 3. The second-order valence-electron chi connectivity index (χ2n) is 5.18. The number of aromatic nitrogens is 2. The van der Waals surface area contributed by atoms with Crippen molar-refractivity contribution in [3.8, 4) is 0 Å². The summed E-state index contributed by atoms with van der Waals surface area (Å²) < 4.78 is 1.72. The van der Waals surface area contributed by atoms with Crippen LogP contribution in [0.15, 0.2) is 6.20 Å². The smallest absolute Gasteiger partial charge is 0.233 e. The summed E-state index contributed by atoms with van der Waals surface area (Å²) in [6.45, 7) is 7.79. The van der Waals surface area contributed by atoms with Gasteiger partial charge in [-0.15, -0.1) is 0 Å². The maximum absolute atomic E-state index is 12.6. The first-order valence-corrected chi connectivity index (χ1v) is 7.04. The van der Waals surface area contributed by atoms with Crippen LogP contribution in [0.25, 0.3) is 0 Å². The van der Waals surface area contributed by atoms with Crippen molar-refractivity contribution in [1.29, 1.82) is 0 Å². The summed E-state index contributed by atoms with van der Waals surface area (Å²) in [7, 11) is 1.84. The van der Waals surface area contributed by atoms with Crippen LogP contribution in [0.3, 0.4) is 0 Å². The Bertz CT molecular complexity index is 519. The first kappa shape index (κ1) is 14.6. The van der Waals surface area contributed by atoms with Crippen LogP contribution < -0.4 is 0 Å². The van der Waals surface area contributed by atoms with Crippen LogP contribution in [-0.2, 0) is 23.2 Å². The van der Waals surface area contributed by atoms with E-state index in [1.165, 1.54) is 0 Å². The summed E-state index contributed by atoms with van der Waals surface area (Å²) in [5.74, 6) is -0.290. The Hall–Kier alpha value is -1.85. The molecule has 1 atom stereocenters. The van der Waals surface area contributed by atoms with Gasteiger partial charge in [-0.2, -0.15) is 5.10 Å². The van der Waals surface area contributed by atoms with E-state index in [1.807, 2.05) is 27.1 Å². The highest BCUT2D eigenvalue weighted by Gasteiger charge is 2.35. The average Bonchev–Trinajstić information content (AvgIpc) is 2.78. The van der Waals surface area contributed by atoms with Gasteiger partial charge in [0, 0.05) is 51.9 Å². The molecule has 1 aliphatic rings. The number of carbonyl (C=O) groups is 2. The van der Waals surface area contributed by atoms with Crippen molar-refractivity contribution in [2.75, 3.05) is 19.6 Å². The van der Waals surface area contributed by atoms with Gasteiger partial charge in [0.2, 0.25) is 11.8 Å². The third-order valence-electron chi connectivity index (χ3n) is 3.85. The number of hydrogen-bond donors (Lipinski definition) is 0. The monoisotopic (exact) mass is 278 g/mol. The predicted octanol–water partition coefficient (Wildman–Crippen LogP) is 0.734. The molecule has 110 valence electrons. The van der Waals surface area contributed by atoms with Gasteiger partial charge in [0.05, 0.1) is 5.69 Å². The molecule has 1 aliphatic heterocycles. The highest BCUT2D eigenvalue weighted by molar-refractivity contribution is 5.85. The maximum atomic E-state index is 12.6. The summed E-state index contributed by atoms with van der Waals surface area (Å²) in [4.78, 5) is 27.8. The number of likely N-dealkylation sites (N-methyl/N-ethyl adjacent to an activating group) is 1. The molecule has 0 bridgehead atoms. The first-order valence-electron chi connectivity index (χ1n) is 7.04. The van der Waals surface area contributed by atoms with Crippen LogP contribution in [0.4, 0.5) is 0 Å². The molecule has 2 amide bonds. The summed E-state index contributed by atoms with van der Waals surface area (Å²) in [6, 6.07) is 0. The molecule has 0 fully saturated rings. The molecule has 2 heterocycles. The number of carbonyl (C=O) groups excluding carboxylic acids is 2. The third kappa shape index (κ3) is 2.55. The lowest BCUT2D eigenvalue weighted by Gasteiger charge is -2.33. The van der Waals surface area contributed by atoms with E-state index >= 15 is 0 Å². The minimum atomic E-state index is -0.344. The second kappa shape index (κ2) is 5.64. The molecule has 1 aromatic heterocycles. The minimum absolute atomic E-state index is 0.00292. The van der Waals surface area contributed by atoms with Gasteiger partial charge in [0.25, 0.3) is 0 Å². The Kier molecular flexibility index (Phi) is 4.11. The van der Waals surface area contributed by atoms with E-state index in [0.717, 1.165) is 11.3 Å². The van der Waals surface area contributed by atoms with Gasteiger partial charge in [-0.1, -0.05) is 0 Å². The highest BCUT2D eigenvalue weighted by Crippen LogP contribution is 2.28. The zero-order valence-corrected chi connectivity index (χ0v) is 12.6. The molecule has 0 unspecified atom stereocenters. The maximum Gasteiger partial charge on any atom is 0.233 e. The van der Waals surface area contributed by atoms with Crippen LogP contribution in [0.1, 0.15) is 37.9 Å². The average molecular weight is 278 g/mol. The Morgan fingerprint density at radius 1 is 1.40 bits per heavy atom. The summed E-state index contributed by atoms with van der Waals surface area (Å²) >= 11 is 0. The third-order valence-corrected chi connectivity index (χ3v) is 3.85. The van der Waals surface area contributed by atoms with Gasteiger partial charge in [-0.05, 0) is 13.8 Å². The molecule has 0 aromatic carbocycles. The van der Waals surface area contributed by atoms with Crippen molar-refractivity contribution >= 4 is 11.8 Å². The van der Waals surface area contributed by atoms with E-state index in [0.29, 0.717) is 26.2 Å². The first-order chi connectivity index (χ1) is 9.47. The zero-order valence-electron chi connectivity index (χ0n) is 12.6. The predicted molar refractivity (Wildman–Crippen MR) is 75.0 cm³/mol. The van der Waals surface area contributed by atoms with Crippen molar-refractivity contribution in [3.05, 3.63) is 17.5 Å². The van der Waals surface area contributed by atoms with Gasteiger partial charge in [-0.3, -0.25) is 14.3 Å². The van der Waals surface area contributed by atoms with Crippen LogP contribution in [-0.4, -0.2) is 51.0 Å². The van der Waals surface area contributed by atoms with Gasteiger partial charge in [0.15, 0.2) is 0 Å². The van der Waals surface area contributed by atoms with E-state index in [4.69, 9.17) is 0 Å².